The lowest BCUT2D eigenvalue weighted by atomic mass is 10.2. The van der Waals surface area contributed by atoms with Crippen LogP contribution < -0.4 is 15.4 Å². The topological polar surface area (TPSA) is 63.2 Å². The van der Waals surface area contributed by atoms with Gasteiger partial charge < -0.3 is 15.4 Å². The molecule has 3 aromatic rings. The summed E-state index contributed by atoms with van der Waals surface area (Å²) in [5.41, 5.74) is 3.78. The summed E-state index contributed by atoms with van der Waals surface area (Å²) in [6.45, 7) is 5.90. The van der Waals surface area contributed by atoms with E-state index in [1.165, 1.54) is 6.20 Å². The van der Waals surface area contributed by atoms with E-state index >= 15 is 0 Å². The lowest BCUT2D eigenvalue weighted by Gasteiger charge is -2.12. The molecule has 1 aromatic heterocycles. The third kappa shape index (κ3) is 5.24. The zero-order chi connectivity index (χ0) is 20.1. The summed E-state index contributed by atoms with van der Waals surface area (Å²) < 4.78 is 5.61. The lowest BCUT2D eigenvalue weighted by Crippen LogP contribution is -2.12. The molecular weight excluding hydrogens is 374 g/mol. The Bertz CT molecular complexity index is 972. The van der Waals surface area contributed by atoms with Crippen LogP contribution in [0.3, 0.4) is 0 Å². The quantitative estimate of drug-likeness (QED) is 0.551. The average Bonchev–Trinajstić information content (AvgIpc) is 2.65. The van der Waals surface area contributed by atoms with E-state index in [2.05, 4.69) is 15.6 Å². The van der Waals surface area contributed by atoms with Gasteiger partial charge in [-0.05, 0) is 74.9 Å². The third-order valence-corrected chi connectivity index (χ3v) is 4.19. The molecule has 0 fully saturated rings. The van der Waals surface area contributed by atoms with Crippen molar-refractivity contribution in [1.29, 1.82) is 0 Å². The molecule has 0 bridgehead atoms. The van der Waals surface area contributed by atoms with Crippen molar-refractivity contribution in [3.8, 4) is 5.75 Å². The minimum atomic E-state index is -0.235. The van der Waals surface area contributed by atoms with E-state index < -0.39 is 0 Å². The molecule has 0 spiro atoms. The summed E-state index contributed by atoms with van der Waals surface area (Å²) in [7, 11) is 0. The number of aromatic nitrogens is 1. The van der Waals surface area contributed by atoms with Crippen molar-refractivity contribution < 1.29 is 9.53 Å². The van der Waals surface area contributed by atoms with E-state index in [1.807, 2.05) is 63.2 Å². The Kier molecular flexibility index (Phi) is 6.16. The number of hydrogen-bond acceptors (Lipinski definition) is 4. The average molecular weight is 396 g/mol. The van der Waals surface area contributed by atoms with Gasteiger partial charge in [-0.3, -0.25) is 9.78 Å². The molecule has 3 rings (SSSR count). The number of pyridine rings is 1. The third-order valence-electron chi connectivity index (χ3n) is 3.95. The predicted octanol–water partition coefficient (Wildman–Crippen LogP) is 5.83. The highest BCUT2D eigenvalue weighted by Gasteiger charge is 2.09. The molecule has 0 radical (unpaired) electrons. The predicted molar refractivity (Wildman–Crippen MR) is 114 cm³/mol. The van der Waals surface area contributed by atoms with Crippen LogP contribution in [0.2, 0.25) is 5.02 Å². The monoisotopic (exact) mass is 395 g/mol. The number of halogens is 1. The Hall–Kier alpha value is -3.05. The van der Waals surface area contributed by atoms with Gasteiger partial charge in [-0.15, -0.1) is 0 Å². The van der Waals surface area contributed by atoms with Crippen molar-refractivity contribution >= 4 is 34.6 Å². The molecule has 0 aliphatic rings. The van der Waals surface area contributed by atoms with Crippen molar-refractivity contribution in [2.24, 2.45) is 0 Å². The fourth-order valence-corrected chi connectivity index (χ4v) is 2.87. The largest absolute Gasteiger partial charge is 0.491 e. The molecule has 6 heteroatoms. The second-order valence-corrected chi connectivity index (χ2v) is 7.13. The van der Waals surface area contributed by atoms with Gasteiger partial charge in [0.1, 0.15) is 5.75 Å². The first-order chi connectivity index (χ1) is 13.4. The maximum atomic E-state index is 12.6. The second-order valence-electron chi connectivity index (χ2n) is 6.69. The number of anilines is 3. The van der Waals surface area contributed by atoms with E-state index in [0.29, 0.717) is 16.3 Å². The number of rotatable bonds is 6. The van der Waals surface area contributed by atoms with E-state index in [0.717, 1.165) is 22.7 Å². The molecule has 0 aliphatic carbocycles. The summed E-state index contributed by atoms with van der Waals surface area (Å²) in [4.78, 5) is 16.7. The SMILES string of the molecule is Cc1cc(Cl)ccc1Nc1cncc(C(=O)Nc2ccc(OC(C)C)cc2)c1. The zero-order valence-corrected chi connectivity index (χ0v) is 16.7. The van der Waals surface area contributed by atoms with Gasteiger partial charge in [-0.25, -0.2) is 0 Å². The van der Waals surface area contributed by atoms with Crippen molar-refractivity contribution in [3.63, 3.8) is 0 Å². The standard InChI is InChI=1S/C22H22ClN3O2/c1-14(2)28-20-7-5-18(6-8-20)26-22(27)16-11-19(13-24-12-16)25-21-9-4-17(23)10-15(21)3/h4-14,25H,1-3H3,(H,26,27). The summed E-state index contributed by atoms with van der Waals surface area (Å²) in [5, 5.41) is 6.82. The van der Waals surface area contributed by atoms with Gasteiger partial charge >= 0.3 is 0 Å². The fraction of sp³-hybridized carbons (Fsp3) is 0.182. The van der Waals surface area contributed by atoms with Crippen LogP contribution >= 0.6 is 11.6 Å². The Morgan fingerprint density at radius 1 is 1.04 bits per heavy atom. The first-order valence-corrected chi connectivity index (χ1v) is 9.35. The molecule has 0 unspecified atom stereocenters. The van der Waals surface area contributed by atoms with E-state index in [-0.39, 0.29) is 12.0 Å². The molecule has 0 saturated carbocycles. The number of nitrogens with one attached hydrogen (secondary N) is 2. The first kappa shape index (κ1) is 19.7. The minimum Gasteiger partial charge on any atom is -0.491 e. The van der Waals surface area contributed by atoms with Gasteiger partial charge in [-0.2, -0.15) is 0 Å². The molecule has 0 aliphatic heterocycles. The Labute approximate surface area is 169 Å². The lowest BCUT2D eigenvalue weighted by molar-refractivity contribution is 0.102. The van der Waals surface area contributed by atoms with E-state index in [4.69, 9.17) is 16.3 Å². The number of hydrogen-bond donors (Lipinski definition) is 2. The Balaban J connectivity index is 1.69. The maximum Gasteiger partial charge on any atom is 0.257 e. The molecule has 2 aromatic carbocycles. The van der Waals surface area contributed by atoms with Gasteiger partial charge in [-0.1, -0.05) is 11.6 Å². The summed E-state index contributed by atoms with van der Waals surface area (Å²) in [5.74, 6) is 0.528. The number of ether oxygens (including phenoxy) is 1. The van der Waals surface area contributed by atoms with Crippen LogP contribution in [0.1, 0.15) is 29.8 Å². The van der Waals surface area contributed by atoms with Gasteiger partial charge in [0, 0.05) is 22.6 Å². The normalized spacial score (nSPS) is 10.6. The molecular formula is C22H22ClN3O2. The van der Waals surface area contributed by atoms with Crippen molar-refractivity contribution in [3.05, 3.63) is 77.1 Å². The Morgan fingerprint density at radius 3 is 2.46 bits per heavy atom. The number of nitrogens with zero attached hydrogens (tertiary/aromatic N) is 1. The first-order valence-electron chi connectivity index (χ1n) is 8.97. The highest BCUT2D eigenvalue weighted by atomic mass is 35.5. The van der Waals surface area contributed by atoms with Crippen LogP contribution in [-0.4, -0.2) is 17.0 Å². The molecule has 5 nitrogen and oxygen atoms in total. The number of benzene rings is 2. The van der Waals surface area contributed by atoms with Crippen LogP contribution in [-0.2, 0) is 0 Å². The molecule has 0 saturated heterocycles. The molecule has 1 amide bonds. The van der Waals surface area contributed by atoms with Crippen LogP contribution in [0.4, 0.5) is 17.1 Å². The number of aryl methyl sites for hydroxylation is 1. The minimum absolute atomic E-state index is 0.103. The number of carbonyl (C=O) groups excluding carboxylic acids is 1. The number of amides is 1. The van der Waals surface area contributed by atoms with Crippen LogP contribution in [0.5, 0.6) is 5.75 Å². The summed E-state index contributed by atoms with van der Waals surface area (Å²) in [6.07, 6.45) is 3.31. The molecule has 2 N–H and O–H groups in total. The zero-order valence-electron chi connectivity index (χ0n) is 16.0. The van der Waals surface area contributed by atoms with Crippen LogP contribution in [0, 0.1) is 6.92 Å². The van der Waals surface area contributed by atoms with Crippen molar-refractivity contribution in [2.45, 2.75) is 26.9 Å². The Morgan fingerprint density at radius 2 is 1.79 bits per heavy atom. The molecule has 28 heavy (non-hydrogen) atoms. The van der Waals surface area contributed by atoms with E-state index in [1.54, 1.807) is 12.3 Å². The molecule has 1 heterocycles. The van der Waals surface area contributed by atoms with Gasteiger partial charge in [0.2, 0.25) is 0 Å². The summed E-state index contributed by atoms with van der Waals surface area (Å²) >= 11 is 6.00. The highest BCUT2D eigenvalue weighted by Crippen LogP contribution is 2.24. The van der Waals surface area contributed by atoms with Gasteiger partial charge in [0.25, 0.3) is 5.91 Å². The van der Waals surface area contributed by atoms with Crippen LogP contribution in [0.25, 0.3) is 0 Å². The van der Waals surface area contributed by atoms with E-state index in [9.17, 15) is 4.79 Å². The van der Waals surface area contributed by atoms with Crippen molar-refractivity contribution in [2.75, 3.05) is 10.6 Å². The van der Waals surface area contributed by atoms with Gasteiger partial charge in [0.05, 0.1) is 23.6 Å². The highest BCUT2D eigenvalue weighted by molar-refractivity contribution is 6.30. The molecule has 144 valence electrons. The number of carbonyl (C=O) groups is 1. The molecule has 0 atom stereocenters. The maximum absolute atomic E-state index is 12.6. The summed E-state index contributed by atoms with van der Waals surface area (Å²) in [6, 6.07) is 14.6. The fourth-order valence-electron chi connectivity index (χ4n) is 2.65. The van der Waals surface area contributed by atoms with Crippen LogP contribution in [0.15, 0.2) is 60.9 Å². The van der Waals surface area contributed by atoms with Gasteiger partial charge in [0.15, 0.2) is 0 Å². The van der Waals surface area contributed by atoms with Crippen molar-refractivity contribution in [1.82, 2.24) is 4.98 Å². The smallest absolute Gasteiger partial charge is 0.257 e. The second kappa shape index (κ2) is 8.76.